The molecule has 0 saturated carbocycles. The molecule has 1 aromatic heterocycles. The summed E-state index contributed by atoms with van der Waals surface area (Å²) in [6.07, 6.45) is 2.41. The predicted molar refractivity (Wildman–Crippen MR) is 155 cm³/mol. The first kappa shape index (κ1) is 67.3. The summed E-state index contributed by atoms with van der Waals surface area (Å²) >= 11 is 0. The molecule has 5 N–H and O–H groups in total. The topological polar surface area (TPSA) is 251 Å². The molecule has 1 amide bonds. The Hall–Kier alpha value is -2.95. The number of methoxy groups -OCH3 is 4. The number of carbonyl (C=O) groups excluding carboxylic acids is 4. The van der Waals surface area contributed by atoms with Crippen molar-refractivity contribution in [2.75, 3.05) is 48.8 Å². The van der Waals surface area contributed by atoms with Gasteiger partial charge in [0.2, 0.25) is 11.8 Å². The minimum Gasteiger partial charge on any atom is -0.870 e. The van der Waals surface area contributed by atoms with Gasteiger partial charge in [0.25, 0.3) is 23.9 Å². The molecule has 0 aromatic carbocycles. The second-order valence-corrected chi connectivity index (χ2v) is 6.15. The minimum absolute atomic E-state index is 0. The predicted octanol–water partition coefficient (Wildman–Crippen LogP) is -5.16. The van der Waals surface area contributed by atoms with Gasteiger partial charge in [0.05, 0.1) is 41.2 Å². The summed E-state index contributed by atoms with van der Waals surface area (Å²) in [5.41, 5.74) is 4.59. The van der Waals surface area contributed by atoms with Gasteiger partial charge < -0.3 is 50.1 Å². The number of rotatable bonds is 6. The van der Waals surface area contributed by atoms with Crippen LogP contribution < -0.4 is 85.6 Å². The number of hydrogen-bond acceptors (Lipinski definition) is 14. The molecule has 0 bridgehead atoms. The molecule has 0 atom stereocenters. The fourth-order valence-corrected chi connectivity index (χ4v) is 1.26. The molecule has 1 aliphatic heterocycles. The molecular weight excluding hydrogens is 706 g/mol. The number of amides is 1. The second kappa shape index (κ2) is 48.4. The van der Waals surface area contributed by atoms with E-state index in [4.69, 9.17) is 10.8 Å². The molecule has 0 unspecified atom stereocenters. The quantitative estimate of drug-likeness (QED) is 0.0360. The van der Waals surface area contributed by atoms with E-state index in [0.29, 0.717) is 25.2 Å². The summed E-state index contributed by atoms with van der Waals surface area (Å²) in [6.45, 7) is 12.6. The van der Waals surface area contributed by atoms with Crippen LogP contribution in [0.4, 0.5) is 17.6 Å². The summed E-state index contributed by atoms with van der Waals surface area (Å²) in [7, 11) is 5.75. The average Bonchev–Trinajstić information content (AvgIpc) is 3.02. The third-order valence-electron chi connectivity index (χ3n) is 3.17. The van der Waals surface area contributed by atoms with Crippen molar-refractivity contribution in [1.82, 2.24) is 15.3 Å². The van der Waals surface area contributed by atoms with Crippen molar-refractivity contribution in [1.29, 1.82) is 0 Å². The van der Waals surface area contributed by atoms with Crippen LogP contribution in [0.1, 0.15) is 13.3 Å². The number of hydrogen-bond donors (Lipinski definition) is 3. The van der Waals surface area contributed by atoms with Gasteiger partial charge in [-0.25, -0.2) is 29.5 Å². The van der Waals surface area contributed by atoms with E-state index in [9.17, 15) is 41.5 Å². The summed E-state index contributed by atoms with van der Waals surface area (Å²) in [4.78, 5) is 54.8. The summed E-state index contributed by atoms with van der Waals surface area (Å²) < 4.78 is 67.3. The van der Waals surface area contributed by atoms with E-state index in [2.05, 4.69) is 58.7 Å². The Bertz CT molecular complexity index is 1110. The molecule has 0 spiro atoms. The van der Waals surface area contributed by atoms with Crippen LogP contribution in [0.15, 0.2) is 53.5 Å². The van der Waals surface area contributed by atoms with Gasteiger partial charge in [-0.15, -0.1) is 12.4 Å². The summed E-state index contributed by atoms with van der Waals surface area (Å²) in [6, 6.07) is 0.00593. The number of ether oxygens (including phenoxy) is 5. The average molecular weight is 744 g/mol. The SMILES string of the molecule is C=C(N)OC.C=C1CC=C(F)C(=O)N1.CCOC=O.COC(=O)CF.COc1ncc(F)c(=O)[nH]1.C[O-].Cl.[CH-]=C(F)C(=O)OC.[Na+].[Na+].[OH-]. The molecule has 2 rings (SSSR count). The zero-order chi connectivity index (χ0) is 35.7. The van der Waals surface area contributed by atoms with Crippen molar-refractivity contribution in [2.24, 2.45) is 5.73 Å². The van der Waals surface area contributed by atoms with Crippen molar-refractivity contribution >= 4 is 36.7 Å². The van der Waals surface area contributed by atoms with Crippen LogP contribution in [0.3, 0.4) is 0 Å². The minimum atomic E-state index is -1.32. The molecule has 0 fully saturated rings. The number of esters is 2. The number of nitrogens with one attached hydrogen (secondary N) is 2. The van der Waals surface area contributed by atoms with Crippen LogP contribution in [-0.2, 0) is 38.1 Å². The molecule has 16 nitrogen and oxygen atoms in total. The maximum Gasteiger partial charge on any atom is 1.00 e. The Morgan fingerprint density at radius 3 is 1.79 bits per heavy atom. The molecule has 1 aromatic rings. The van der Waals surface area contributed by atoms with Gasteiger partial charge in [-0.3, -0.25) is 19.4 Å². The van der Waals surface area contributed by atoms with Gasteiger partial charge in [0.1, 0.15) is 0 Å². The van der Waals surface area contributed by atoms with Crippen LogP contribution in [0.25, 0.3) is 0 Å². The number of aromatic nitrogens is 2. The first-order valence-electron chi connectivity index (χ1n) is 11.2. The largest absolute Gasteiger partial charge is 1.00 e. The maximum absolute atomic E-state index is 12.2. The van der Waals surface area contributed by atoms with Crippen molar-refractivity contribution in [2.45, 2.75) is 13.3 Å². The molecule has 23 heteroatoms. The zero-order valence-corrected chi connectivity index (χ0v) is 32.5. The first-order chi connectivity index (χ1) is 20.6. The maximum atomic E-state index is 12.2. The molecule has 0 aliphatic carbocycles. The Morgan fingerprint density at radius 2 is 1.60 bits per heavy atom. The Balaban J connectivity index is -0.0000000539. The van der Waals surface area contributed by atoms with E-state index >= 15 is 0 Å². The standard InChI is InChI=1S/C6H6FNO.C5H5FN2O2.C4H4FO2.C3H5FO2.C3H7NO.C3H6O2.CH3O.ClH.2Na.H2O/c1-4-2-3-5(7)6(9)8-4;1-10-5-7-2-3(6)4(9)8-5;1-3(5)4(6)7-2;1-6-3(5)2-4;1-3(4)5-2;1-2-5-3-4;1-2;;;;/h3H,1-2H2,(H,8,9);2H,1H3,(H,7,8,9);1H,2H3;2H2,1H3;1,4H2,2H3;3H,2H2,1H3;1H3;1H;;;1H2/q;;-1;;;;-1;;2*+1;/p-1. The van der Waals surface area contributed by atoms with E-state index in [-0.39, 0.29) is 88.9 Å². The fraction of sp³-hybridized carbons (Fsp3) is 0.360. The van der Waals surface area contributed by atoms with Gasteiger partial charge in [0, 0.05) is 17.9 Å². The van der Waals surface area contributed by atoms with Crippen molar-refractivity contribution in [3.05, 3.63) is 71.4 Å². The van der Waals surface area contributed by atoms with E-state index in [1.54, 1.807) is 6.92 Å². The van der Waals surface area contributed by atoms with E-state index in [1.807, 2.05) is 0 Å². The summed E-state index contributed by atoms with van der Waals surface area (Å²) in [5.74, 6) is -5.34. The third-order valence-corrected chi connectivity index (χ3v) is 3.17. The number of nitrogens with two attached hydrogens (primary N) is 1. The molecule has 0 saturated heterocycles. The van der Waals surface area contributed by atoms with Crippen molar-refractivity contribution in [3.63, 3.8) is 0 Å². The molecule has 268 valence electrons. The number of carbonyl (C=O) groups is 4. The molecular formula is C25H38ClF4N4Na2O12-. The van der Waals surface area contributed by atoms with E-state index in [1.165, 1.54) is 20.3 Å². The number of aromatic amines is 1. The Labute approximate surface area is 325 Å². The molecule has 0 radical (unpaired) electrons. The summed E-state index contributed by atoms with van der Waals surface area (Å²) in [5, 5.41) is 10.5. The van der Waals surface area contributed by atoms with Crippen LogP contribution in [0, 0.1) is 12.4 Å². The Kier molecular flexibility index (Phi) is 67.9. The molecule has 48 heavy (non-hydrogen) atoms. The third kappa shape index (κ3) is 49.9. The number of H-pyrrole nitrogens is 1. The second-order valence-electron chi connectivity index (χ2n) is 6.15. The van der Waals surface area contributed by atoms with Crippen LogP contribution >= 0.6 is 12.4 Å². The van der Waals surface area contributed by atoms with Gasteiger partial charge in [0.15, 0.2) is 18.4 Å². The molecule has 1 aliphatic rings. The van der Waals surface area contributed by atoms with E-state index < -0.39 is 47.6 Å². The van der Waals surface area contributed by atoms with Gasteiger partial charge >= 0.3 is 65.1 Å². The monoisotopic (exact) mass is 743 g/mol. The van der Waals surface area contributed by atoms with Crippen LogP contribution in [0.5, 0.6) is 6.01 Å². The van der Waals surface area contributed by atoms with Crippen molar-refractivity contribution < 1.29 is 130 Å². The fourth-order valence-electron chi connectivity index (χ4n) is 1.26. The van der Waals surface area contributed by atoms with Crippen LogP contribution in [-0.4, -0.2) is 88.6 Å². The normalized spacial score (nSPS) is 9.10. The number of nitrogens with zero attached hydrogens (tertiary/aromatic N) is 1. The van der Waals surface area contributed by atoms with E-state index in [0.717, 1.165) is 27.5 Å². The zero-order valence-electron chi connectivity index (χ0n) is 27.7. The number of alkyl halides is 1. The number of halogens is 5. The first-order valence-corrected chi connectivity index (χ1v) is 11.2. The van der Waals surface area contributed by atoms with Gasteiger partial charge in [-0.2, -0.15) is 11.5 Å². The van der Waals surface area contributed by atoms with Gasteiger partial charge in [-0.05, 0) is 19.6 Å². The van der Waals surface area contributed by atoms with Gasteiger partial charge in [-0.1, -0.05) is 6.58 Å². The number of allylic oxidation sites excluding steroid dienone is 1. The van der Waals surface area contributed by atoms with Crippen LogP contribution in [0.2, 0.25) is 0 Å². The smallest absolute Gasteiger partial charge is 0.870 e. The van der Waals surface area contributed by atoms with Crippen molar-refractivity contribution in [3.8, 4) is 6.01 Å². The Morgan fingerprint density at radius 1 is 1.12 bits per heavy atom. The molecule has 2 heterocycles.